The van der Waals surface area contributed by atoms with E-state index in [1.165, 1.54) is 56.0 Å². The van der Waals surface area contributed by atoms with Crippen LogP contribution in [-0.4, -0.2) is 14.2 Å². The van der Waals surface area contributed by atoms with Gasteiger partial charge in [0.1, 0.15) is 17.2 Å². The highest BCUT2D eigenvalue weighted by atomic mass is 15.4. The fraction of sp³-hybridized carbons (Fsp3) is 0.312. The second kappa shape index (κ2) is 6.76. The number of aromatic nitrogens is 4. The average molecular weight is 474 g/mol. The maximum Gasteiger partial charge on any atom is 0.203 e. The van der Waals surface area contributed by atoms with Gasteiger partial charge in [-0.05, 0) is 42.2 Å². The van der Waals surface area contributed by atoms with Gasteiger partial charge in [0.2, 0.25) is 6.20 Å². The van der Waals surface area contributed by atoms with Crippen LogP contribution in [-0.2, 0) is 24.3 Å². The highest BCUT2D eigenvalue weighted by Crippen LogP contribution is 2.56. The summed E-state index contributed by atoms with van der Waals surface area (Å²) in [6.45, 7) is 14.2. The first-order valence-electron chi connectivity index (χ1n) is 12.9. The zero-order chi connectivity index (χ0) is 25.1. The fourth-order valence-electron chi connectivity index (χ4n) is 6.83. The molecule has 3 aromatic carbocycles. The van der Waals surface area contributed by atoms with E-state index in [1.807, 2.05) is 0 Å². The van der Waals surface area contributed by atoms with E-state index in [1.54, 1.807) is 0 Å². The smallest absolute Gasteiger partial charge is 0.203 e. The molecule has 0 saturated heterocycles. The number of para-hydroxylation sites is 1. The van der Waals surface area contributed by atoms with E-state index in [-0.39, 0.29) is 10.8 Å². The van der Waals surface area contributed by atoms with Crippen LogP contribution in [0.25, 0.3) is 33.5 Å². The zero-order valence-corrected chi connectivity index (χ0v) is 22.3. The fourth-order valence-corrected chi connectivity index (χ4v) is 6.83. The molecular weight excluding hydrogens is 440 g/mol. The SMILES string of the molecule is Cc1cc2c(c3c1-n1c(c(-c4ccccc4)c[n+]1C)C(C)(C)C3(C)C)-n1c(nc3c(C)cccc31)C2. The Morgan fingerprint density at radius 1 is 0.861 bits per heavy atom. The first kappa shape index (κ1) is 21.6. The van der Waals surface area contributed by atoms with Crippen LogP contribution in [0.5, 0.6) is 0 Å². The summed E-state index contributed by atoms with van der Waals surface area (Å²) >= 11 is 0. The van der Waals surface area contributed by atoms with E-state index in [9.17, 15) is 0 Å². The minimum atomic E-state index is -0.122. The monoisotopic (exact) mass is 473 g/mol. The minimum absolute atomic E-state index is 0.120. The van der Waals surface area contributed by atoms with Gasteiger partial charge in [0.05, 0.1) is 22.3 Å². The van der Waals surface area contributed by atoms with Crippen molar-refractivity contribution >= 4 is 11.0 Å². The lowest BCUT2D eigenvalue weighted by Gasteiger charge is -2.47. The highest BCUT2D eigenvalue weighted by molar-refractivity contribution is 5.85. The molecule has 4 heterocycles. The molecule has 4 nitrogen and oxygen atoms in total. The van der Waals surface area contributed by atoms with Crippen molar-refractivity contribution < 1.29 is 4.68 Å². The molecule has 2 aliphatic rings. The maximum atomic E-state index is 5.13. The second-order valence-electron chi connectivity index (χ2n) is 11.8. The Morgan fingerprint density at radius 2 is 1.61 bits per heavy atom. The Bertz CT molecular complexity index is 1730. The van der Waals surface area contributed by atoms with E-state index in [0.717, 1.165) is 17.8 Å². The van der Waals surface area contributed by atoms with Gasteiger partial charge < -0.3 is 0 Å². The van der Waals surface area contributed by atoms with Crippen LogP contribution in [0.2, 0.25) is 0 Å². The summed E-state index contributed by atoms with van der Waals surface area (Å²) in [5.41, 5.74) is 14.1. The Labute approximate surface area is 212 Å². The third kappa shape index (κ3) is 2.45. The summed E-state index contributed by atoms with van der Waals surface area (Å²) in [6.07, 6.45) is 3.19. The molecule has 0 atom stereocenters. The Balaban J connectivity index is 1.63. The van der Waals surface area contributed by atoms with Gasteiger partial charge in [-0.3, -0.25) is 4.57 Å². The largest absolute Gasteiger partial charge is 0.295 e. The molecule has 0 spiro atoms. The number of fused-ring (bicyclic) bond motifs is 9. The van der Waals surface area contributed by atoms with Crippen molar-refractivity contribution in [2.75, 3.05) is 0 Å². The van der Waals surface area contributed by atoms with Gasteiger partial charge in [-0.1, -0.05) is 76.2 Å². The normalized spacial score (nSPS) is 16.5. The highest BCUT2D eigenvalue weighted by Gasteiger charge is 2.53. The van der Waals surface area contributed by atoms with Crippen LogP contribution in [0.15, 0.2) is 60.8 Å². The number of imidazole rings is 1. The number of benzene rings is 3. The van der Waals surface area contributed by atoms with E-state index in [0.29, 0.717) is 0 Å². The first-order valence-corrected chi connectivity index (χ1v) is 12.9. The van der Waals surface area contributed by atoms with Gasteiger partial charge >= 0.3 is 0 Å². The summed E-state index contributed by atoms with van der Waals surface area (Å²) in [7, 11) is 2.18. The molecule has 0 saturated carbocycles. The molecule has 0 bridgehead atoms. The predicted octanol–water partition coefficient (Wildman–Crippen LogP) is 6.40. The molecule has 180 valence electrons. The summed E-state index contributed by atoms with van der Waals surface area (Å²) < 4.78 is 7.24. The third-order valence-electron chi connectivity index (χ3n) is 9.24. The minimum Gasteiger partial charge on any atom is -0.295 e. The number of aryl methyl sites for hydroxylation is 3. The van der Waals surface area contributed by atoms with Gasteiger partial charge in [-0.2, -0.15) is 0 Å². The molecule has 5 aromatic rings. The van der Waals surface area contributed by atoms with E-state index in [2.05, 4.69) is 123 Å². The number of nitrogens with zero attached hydrogens (tertiary/aromatic N) is 4. The average Bonchev–Trinajstić information content (AvgIpc) is 3.48. The summed E-state index contributed by atoms with van der Waals surface area (Å²) in [6, 6.07) is 19.8. The quantitative estimate of drug-likeness (QED) is 0.254. The number of hydrogen-bond acceptors (Lipinski definition) is 1. The lowest BCUT2D eigenvalue weighted by molar-refractivity contribution is -0.745. The second-order valence-corrected chi connectivity index (χ2v) is 11.8. The summed E-state index contributed by atoms with van der Waals surface area (Å²) in [5, 5.41) is 0. The summed E-state index contributed by atoms with van der Waals surface area (Å²) in [4.78, 5) is 5.13. The molecule has 7 rings (SSSR count). The molecule has 2 aliphatic heterocycles. The maximum absolute atomic E-state index is 5.13. The Hall–Kier alpha value is -3.66. The standard InChI is InChI=1S/C32H33N4/c1-19-12-11-15-24-27(19)33-25-17-22-16-20(2)28-26(29(22)35(24)25)31(3,4)32(5,6)30-23(18-34(7)36(28)30)21-13-9-8-10-14-21/h8-16,18H,17H2,1-7H3/q+1. The number of hydrogen-bond donors (Lipinski definition) is 0. The third-order valence-corrected chi connectivity index (χ3v) is 9.24. The molecule has 0 N–H and O–H groups in total. The van der Waals surface area contributed by atoms with Crippen LogP contribution < -0.4 is 4.68 Å². The van der Waals surface area contributed by atoms with Crippen molar-refractivity contribution in [1.82, 2.24) is 14.2 Å². The van der Waals surface area contributed by atoms with E-state index < -0.39 is 0 Å². The van der Waals surface area contributed by atoms with Crippen LogP contribution in [0, 0.1) is 13.8 Å². The summed E-state index contributed by atoms with van der Waals surface area (Å²) in [5.74, 6) is 1.16. The van der Waals surface area contributed by atoms with Crippen molar-refractivity contribution in [3.63, 3.8) is 0 Å². The lowest BCUT2D eigenvalue weighted by Crippen LogP contribution is -2.51. The van der Waals surface area contributed by atoms with E-state index >= 15 is 0 Å². The van der Waals surface area contributed by atoms with Gasteiger partial charge in [-0.15, -0.1) is 9.36 Å². The Morgan fingerprint density at radius 3 is 2.36 bits per heavy atom. The molecule has 0 fully saturated rings. The van der Waals surface area contributed by atoms with Crippen molar-refractivity contribution in [2.45, 2.75) is 58.8 Å². The van der Waals surface area contributed by atoms with Crippen molar-refractivity contribution in [2.24, 2.45) is 7.05 Å². The van der Waals surface area contributed by atoms with Crippen molar-refractivity contribution in [3.05, 3.63) is 94.6 Å². The first-order chi connectivity index (χ1) is 17.1. The molecule has 0 amide bonds. The van der Waals surface area contributed by atoms with Gasteiger partial charge in [0, 0.05) is 22.8 Å². The van der Waals surface area contributed by atoms with Crippen molar-refractivity contribution in [1.29, 1.82) is 0 Å². The topological polar surface area (TPSA) is 26.6 Å². The van der Waals surface area contributed by atoms with Gasteiger partial charge in [-0.25, -0.2) is 4.98 Å². The van der Waals surface area contributed by atoms with Crippen molar-refractivity contribution in [3.8, 4) is 22.5 Å². The molecular formula is C32H33N4+. The van der Waals surface area contributed by atoms with Crippen LogP contribution in [0.1, 0.15) is 61.5 Å². The van der Waals surface area contributed by atoms with E-state index in [4.69, 9.17) is 4.98 Å². The molecule has 36 heavy (non-hydrogen) atoms. The van der Waals surface area contributed by atoms with Crippen LogP contribution >= 0.6 is 0 Å². The van der Waals surface area contributed by atoms with Crippen LogP contribution in [0.4, 0.5) is 0 Å². The van der Waals surface area contributed by atoms with Crippen LogP contribution in [0.3, 0.4) is 0 Å². The Kier molecular flexibility index (Phi) is 4.06. The zero-order valence-electron chi connectivity index (χ0n) is 22.3. The van der Waals surface area contributed by atoms with Gasteiger partial charge in [0.15, 0.2) is 7.05 Å². The molecule has 0 unspecified atom stereocenters. The van der Waals surface area contributed by atoms with Gasteiger partial charge in [0.25, 0.3) is 0 Å². The molecule has 0 radical (unpaired) electrons. The number of rotatable bonds is 1. The molecule has 0 aliphatic carbocycles. The lowest BCUT2D eigenvalue weighted by atomic mass is 9.58. The predicted molar refractivity (Wildman–Crippen MR) is 145 cm³/mol. The molecule has 4 heteroatoms. The molecule has 2 aromatic heterocycles.